The van der Waals surface area contributed by atoms with Crippen LogP contribution in [0.25, 0.3) is 0 Å². The van der Waals surface area contributed by atoms with E-state index in [0.29, 0.717) is 17.9 Å². The molecule has 0 spiro atoms. The van der Waals surface area contributed by atoms with Gasteiger partial charge < -0.3 is 9.84 Å². The number of benzene rings is 2. The largest absolute Gasteiger partial charge is 0.508 e. The van der Waals surface area contributed by atoms with E-state index in [4.69, 9.17) is 4.74 Å². The second-order valence-corrected chi connectivity index (χ2v) is 6.72. The highest BCUT2D eigenvalue weighted by atomic mass is 32.2. The Morgan fingerprint density at radius 2 is 1.67 bits per heavy atom. The Balaban J connectivity index is 2.32. The van der Waals surface area contributed by atoms with Crippen LogP contribution in [-0.4, -0.2) is 20.1 Å². The smallest absolute Gasteiger partial charge is 0.206 e. The molecule has 0 saturated heterocycles. The Morgan fingerprint density at radius 3 is 2.24 bits per heavy atom. The minimum absolute atomic E-state index is 0.0808. The summed E-state index contributed by atoms with van der Waals surface area (Å²) in [7, 11) is -3.58. The topological polar surface area (TPSA) is 63.6 Å². The van der Waals surface area contributed by atoms with Gasteiger partial charge in [-0.3, -0.25) is 0 Å². The molecule has 0 aliphatic carbocycles. The summed E-state index contributed by atoms with van der Waals surface area (Å²) in [6.45, 7) is 4.27. The molecule has 0 atom stereocenters. The molecule has 2 aromatic carbocycles. The predicted molar refractivity (Wildman–Crippen MR) is 80.5 cm³/mol. The molecule has 0 saturated carbocycles. The summed E-state index contributed by atoms with van der Waals surface area (Å²) in [6, 6.07) is 10.6. The molecular formula is C16H18O4S. The van der Waals surface area contributed by atoms with Crippen LogP contribution >= 0.6 is 0 Å². The SMILES string of the molecule is CCCOc1ccc(S(=O)(=O)c2ccc(O)c(C)c2)cc1. The van der Waals surface area contributed by atoms with E-state index in [-0.39, 0.29) is 15.5 Å². The quantitative estimate of drug-likeness (QED) is 0.920. The molecule has 21 heavy (non-hydrogen) atoms. The first-order valence-electron chi connectivity index (χ1n) is 6.72. The third kappa shape index (κ3) is 3.36. The molecule has 2 aromatic rings. The highest BCUT2D eigenvalue weighted by Gasteiger charge is 2.18. The molecule has 0 aromatic heterocycles. The van der Waals surface area contributed by atoms with Gasteiger partial charge in [-0.1, -0.05) is 6.92 Å². The fourth-order valence-electron chi connectivity index (χ4n) is 1.87. The van der Waals surface area contributed by atoms with Crippen LogP contribution < -0.4 is 4.74 Å². The van der Waals surface area contributed by atoms with Crippen molar-refractivity contribution in [2.75, 3.05) is 6.61 Å². The van der Waals surface area contributed by atoms with Gasteiger partial charge in [0.1, 0.15) is 11.5 Å². The molecule has 112 valence electrons. The summed E-state index contributed by atoms with van der Waals surface area (Å²) in [4.78, 5) is 0.372. The molecule has 0 unspecified atom stereocenters. The Bertz CT molecular complexity index is 718. The molecule has 1 N–H and O–H groups in total. The summed E-state index contributed by atoms with van der Waals surface area (Å²) >= 11 is 0. The zero-order valence-electron chi connectivity index (χ0n) is 12.0. The van der Waals surface area contributed by atoms with Gasteiger partial charge >= 0.3 is 0 Å². The van der Waals surface area contributed by atoms with Crippen LogP contribution in [0.2, 0.25) is 0 Å². The van der Waals surface area contributed by atoms with Crippen molar-refractivity contribution < 1.29 is 18.3 Å². The Labute approximate surface area is 124 Å². The van der Waals surface area contributed by atoms with Crippen molar-refractivity contribution in [2.24, 2.45) is 0 Å². The van der Waals surface area contributed by atoms with E-state index in [0.717, 1.165) is 6.42 Å². The van der Waals surface area contributed by atoms with Crippen molar-refractivity contribution in [3.63, 3.8) is 0 Å². The highest BCUT2D eigenvalue weighted by Crippen LogP contribution is 2.26. The first-order valence-corrected chi connectivity index (χ1v) is 8.21. The molecule has 0 aliphatic heterocycles. The number of phenolic OH excluding ortho intramolecular Hbond substituents is 1. The van der Waals surface area contributed by atoms with Crippen molar-refractivity contribution >= 4 is 9.84 Å². The van der Waals surface area contributed by atoms with E-state index >= 15 is 0 Å². The summed E-state index contributed by atoms with van der Waals surface area (Å²) < 4.78 is 30.4. The van der Waals surface area contributed by atoms with Crippen LogP contribution in [0.3, 0.4) is 0 Å². The van der Waals surface area contributed by atoms with Crippen molar-refractivity contribution in [3.05, 3.63) is 48.0 Å². The lowest BCUT2D eigenvalue weighted by molar-refractivity contribution is 0.317. The summed E-state index contributed by atoms with van der Waals surface area (Å²) in [5.41, 5.74) is 0.527. The summed E-state index contributed by atoms with van der Waals surface area (Å²) in [5.74, 6) is 0.731. The van der Waals surface area contributed by atoms with Gasteiger partial charge in [-0.05, 0) is 61.4 Å². The summed E-state index contributed by atoms with van der Waals surface area (Å²) in [5, 5.41) is 9.49. The number of hydrogen-bond acceptors (Lipinski definition) is 4. The van der Waals surface area contributed by atoms with Gasteiger partial charge in [0.15, 0.2) is 0 Å². The van der Waals surface area contributed by atoms with Gasteiger partial charge in [-0.25, -0.2) is 8.42 Å². The standard InChI is InChI=1S/C16H18O4S/c1-3-10-20-13-4-6-14(7-5-13)21(18,19)15-8-9-16(17)12(2)11-15/h4-9,11,17H,3,10H2,1-2H3. The van der Waals surface area contributed by atoms with Crippen LogP contribution in [0.1, 0.15) is 18.9 Å². The van der Waals surface area contributed by atoms with E-state index in [9.17, 15) is 13.5 Å². The Hall–Kier alpha value is -2.01. The normalized spacial score (nSPS) is 11.3. The van der Waals surface area contributed by atoms with E-state index in [2.05, 4.69) is 0 Å². The third-order valence-corrected chi connectivity index (χ3v) is 4.85. The zero-order valence-corrected chi connectivity index (χ0v) is 12.9. The van der Waals surface area contributed by atoms with Crippen LogP contribution in [0, 0.1) is 6.92 Å². The van der Waals surface area contributed by atoms with Gasteiger partial charge in [0, 0.05) is 0 Å². The van der Waals surface area contributed by atoms with Crippen molar-refractivity contribution in [1.29, 1.82) is 0 Å². The number of phenols is 1. The van der Waals surface area contributed by atoms with Gasteiger partial charge in [-0.2, -0.15) is 0 Å². The lowest BCUT2D eigenvalue weighted by Gasteiger charge is -2.08. The van der Waals surface area contributed by atoms with Crippen molar-refractivity contribution in [2.45, 2.75) is 30.1 Å². The predicted octanol–water partition coefficient (Wildman–Crippen LogP) is 3.32. The van der Waals surface area contributed by atoms with Crippen molar-refractivity contribution in [1.82, 2.24) is 0 Å². The number of aryl methyl sites for hydroxylation is 1. The minimum Gasteiger partial charge on any atom is -0.508 e. The molecule has 0 aliphatic rings. The zero-order chi connectivity index (χ0) is 15.5. The number of rotatable bonds is 5. The molecule has 4 nitrogen and oxygen atoms in total. The summed E-state index contributed by atoms with van der Waals surface area (Å²) in [6.07, 6.45) is 0.896. The van der Waals surface area contributed by atoms with E-state index in [1.807, 2.05) is 6.92 Å². The van der Waals surface area contributed by atoms with Gasteiger partial charge in [0.25, 0.3) is 0 Å². The number of sulfone groups is 1. The average molecular weight is 306 g/mol. The van der Waals surface area contributed by atoms with Crippen LogP contribution in [0.15, 0.2) is 52.3 Å². The average Bonchev–Trinajstić information content (AvgIpc) is 2.48. The molecule has 0 radical (unpaired) electrons. The van der Waals surface area contributed by atoms with Crippen LogP contribution in [0.4, 0.5) is 0 Å². The molecule has 0 bridgehead atoms. The maximum atomic E-state index is 12.5. The minimum atomic E-state index is -3.58. The fourth-order valence-corrected chi connectivity index (χ4v) is 3.21. The van der Waals surface area contributed by atoms with Gasteiger partial charge in [0.05, 0.1) is 16.4 Å². The van der Waals surface area contributed by atoms with E-state index in [1.54, 1.807) is 19.1 Å². The molecule has 0 fully saturated rings. The molecular weight excluding hydrogens is 288 g/mol. The third-order valence-electron chi connectivity index (χ3n) is 3.09. The van der Waals surface area contributed by atoms with E-state index < -0.39 is 9.84 Å². The maximum Gasteiger partial charge on any atom is 0.206 e. The first kappa shape index (κ1) is 15.4. The van der Waals surface area contributed by atoms with Gasteiger partial charge in [0.2, 0.25) is 9.84 Å². The molecule has 0 heterocycles. The Kier molecular flexibility index (Phi) is 4.53. The van der Waals surface area contributed by atoms with Crippen LogP contribution in [-0.2, 0) is 9.84 Å². The lowest BCUT2D eigenvalue weighted by atomic mass is 10.2. The molecule has 5 heteroatoms. The maximum absolute atomic E-state index is 12.5. The van der Waals surface area contributed by atoms with Crippen molar-refractivity contribution in [3.8, 4) is 11.5 Å². The monoisotopic (exact) mass is 306 g/mol. The first-order chi connectivity index (χ1) is 9.95. The van der Waals surface area contributed by atoms with Gasteiger partial charge in [-0.15, -0.1) is 0 Å². The number of ether oxygens (including phenoxy) is 1. The number of hydrogen-bond donors (Lipinski definition) is 1. The van der Waals surface area contributed by atoms with Crippen LogP contribution in [0.5, 0.6) is 11.5 Å². The van der Waals surface area contributed by atoms with E-state index in [1.165, 1.54) is 30.3 Å². The second-order valence-electron chi connectivity index (χ2n) is 4.77. The molecule has 0 amide bonds. The fraction of sp³-hybridized carbons (Fsp3) is 0.250. The lowest BCUT2D eigenvalue weighted by Crippen LogP contribution is -2.02. The number of aromatic hydroxyl groups is 1. The highest BCUT2D eigenvalue weighted by molar-refractivity contribution is 7.91. The Morgan fingerprint density at radius 1 is 1.05 bits per heavy atom. The molecule has 2 rings (SSSR count). The second kappa shape index (κ2) is 6.18.